The van der Waals surface area contributed by atoms with Crippen LogP contribution in [0.15, 0.2) is 46.0 Å². The van der Waals surface area contributed by atoms with Gasteiger partial charge in [-0.15, -0.1) is 0 Å². The lowest BCUT2D eigenvalue weighted by Crippen LogP contribution is -3.00. The number of carbonyl (C=O) groups is 1. The highest BCUT2D eigenvalue weighted by Gasteiger charge is 2.49. The largest absolute Gasteiger partial charge is 1.00 e. The maximum Gasteiger partial charge on any atom is 0.344 e. The summed E-state index contributed by atoms with van der Waals surface area (Å²) in [6, 6.07) is 3.15. The van der Waals surface area contributed by atoms with Gasteiger partial charge in [0.2, 0.25) is 0 Å². The third-order valence-corrected chi connectivity index (χ3v) is 6.06. The first-order valence-corrected chi connectivity index (χ1v) is 13.7. The summed E-state index contributed by atoms with van der Waals surface area (Å²) >= 11 is 0. The molecule has 12 heteroatoms. The Labute approximate surface area is 207 Å². The number of aliphatic hydroxyl groups is 1. The number of nitrogens with zero attached hydrogens (tertiary/aromatic N) is 2. The van der Waals surface area contributed by atoms with Crippen molar-refractivity contribution in [2.45, 2.75) is 44.2 Å². The highest BCUT2D eigenvalue weighted by Crippen LogP contribution is 2.33. The second-order valence-electron chi connectivity index (χ2n) is 8.77. The molecular formula is C21H27FIN3O6Si. The molecule has 2 N–H and O–H groups in total. The second-order valence-corrected chi connectivity index (χ2v) is 13.8. The molecule has 9 nitrogen and oxygen atoms in total. The molecule has 0 unspecified atom stereocenters. The number of ether oxygens (including phenoxy) is 2. The van der Waals surface area contributed by atoms with Gasteiger partial charge in [0.1, 0.15) is 18.7 Å². The average molecular weight is 591 g/mol. The van der Waals surface area contributed by atoms with Crippen molar-refractivity contribution in [2.24, 2.45) is 7.05 Å². The molecule has 1 aliphatic heterocycles. The van der Waals surface area contributed by atoms with Gasteiger partial charge < -0.3 is 38.6 Å². The van der Waals surface area contributed by atoms with E-state index < -0.39 is 56.5 Å². The molecule has 33 heavy (non-hydrogen) atoms. The number of pyridine rings is 1. The number of aryl methyl sites for hydroxylation is 1. The summed E-state index contributed by atoms with van der Waals surface area (Å²) < 4.78 is 28.7. The number of aromatic nitrogens is 3. The fourth-order valence-electron chi connectivity index (χ4n) is 3.25. The topological polar surface area (TPSA) is 114 Å². The minimum atomic E-state index is -1.95. The van der Waals surface area contributed by atoms with Crippen LogP contribution >= 0.6 is 0 Å². The van der Waals surface area contributed by atoms with E-state index in [9.17, 15) is 19.5 Å². The molecule has 0 aliphatic carbocycles. The van der Waals surface area contributed by atoms with Crippen LogP contribution in [0.5, 0.6) is 0 Å². The molecular weight excluding hydrogens is 564 g/mol. The number of aliphatic hydroxyl groups excluding tert-OH is 1. The molecule has 0 bridgehead atoms. The third kappa shape index (κ3) is 6.46. The van der Waals surface area contributed by atoms with E-state index in [4.69, 9.17) is 9.47 Å². The summed E-state index contributed by atoms with van der Waals surface area (Å²) in [5.74, 6) is -0.788. The molecule has 2 aromatic rings. The first-order chi connectivity index (χ1) is 15.0. The Morgan fingerprint density at radius 1 is 1.39 bits per heavy atom. The lowest BCUT2D eigenvalue weighted by atomic mass is 10.1. The molecule has 4 atom stereocenters. The van der Waals surface area contributed by atoms with E-state index in [0.717, 1.165) is 4.57 Å². The predicted octanol–water partition coefficient (Wildman–Crippen LogP) is -2.29. The summed E-state index contributed by atoms with van der Waals surface area (Å²) in [5.41, 5.74) is 0.803. The fraction of sp³-hybridized carbons (Fsp3) is 0.429. The summed E-state index contributed by atoms with van der Waals surface area (Å²) in [4.78, 5) is 39.2. The molecule has 0 spiro atoms. The van der Waals surface area contributed by atoms with Gasteiger partial charge in [-0.2, -0.15) is 0 Å². The Morgan fingerprint density at radius 2 is 2.09 bits per heavy atom. The quantitative estimate of drug-likeness (QED) is 0.169. The standard InChI is InChI=1S/C21H26FN3O6Si.HI/c1-24-8-5-6-14(10-24)20(28)31-17-15(12-26)30-19(16(17)22)25-11-13(7-9-32(2,3)4)18(27)23-21(25)29;/h5-11,15-17,19,26H,12H2,1-4H3;1H/b9-7+;/t15-,16-,17-,19-;/m1./s1. The second kappa shape index (κ2) is 10.8. The first-order valence-electron chi connectivity index (χ1n) is 10.1. The molecule has 1 aliphatic rings. The van der Waals surface area contributed by atoms with Crippen LogP contribution in [0.25, 0.3) is 6.08 Å². The van der Waals surface area contributed by atoms with E-state index >= 15 is 4.39 Å². The molecule has 1 fully saturated rings. The van der Waals surface area contributed by atoms with Crippen molar-refractivity contribution in [1.29, 1.82) is 0 Å². The number of halogens is 2. The van der Waals surface area contributed by atoms with Gasteiger partial charge in [-0.05, 0) is 6.07 Å². The normalized spacial score (nSPS) is 22.8. The number of aromatic amines is 1. The van der Waals surface area contributed by atoms with Crippen molar-refractivity contribution in [2.75, 3.05) is 6.61 Å². The summed E-state index contributed by atoms with van der Waals surface area (Å²) in [7, 11) is 0.0793. The zero-order valence-corrected chi connectivity index (χ0v) is 21.9. The van der Waals surface area contributed by atoms with Crippen LogP contribution in [0.4, 0.5) is 4.39 Å². The molecule has 1 saturated heterocycles. The number of nitrogens with one attached hydrogen (secondary N) is 1. The van der Waals surface area contributed by atoms with Gasteiger partial charge in [0.25, 0.3) is 5.56 Å². The van der Waals surface area contributed by atoms with Gasteiger partial charge in [0.05, 0.1) is 20.2 Å². The number of esters is 1. The zero-order valence-electron chi connectivity index (χ0n) is 18.7. The monoisotopic (exact) mass is 591 g/mol. The summed E-state index contributed by atoms with van der Waals surface area (Å²) in [6.07, 6.45) is -0.0213. The summed E-state index contributed by atoms with van der Waals surface area (Å²) in [6.45, 7) is 5.59. The minimum absolute atomic E-state index is 0. The van der Waals surface area contributed by atoms with E-state index in [1.807, 2.05) is 5.70 Å². The predicted molar refractivity (Wildman–Crippen MR) is 116 cm³/mol. The molecule has 0 saturated carbocycles. The maximum absolute atomic E-state index is 15.3. The van der Waals surface area contributed by atoms with Crippen molar-refractivity contribution >= 4 is 20.1 Å². The molecule has 0 aromatic carbocycles. The highest BCUT2D eigenvalue weighted by atomic mass is 127. The van der Waals surface area contributed by atoms with Crippen LogP contribution < -0.4 is 39.8 Å². The summed E-state index contributed by atoms with van der Waals surface area (Å²) in [5, 5.41) is 9.65. The molecule has 2 aromatic heterocycles. The maximum atomic E-state index is 15.3. The average Bonchev–Trinajstić information content (AvgIpc) is 3.02. The highest BCUT2D eigenvalue weighted by molar-refractivity contribution is 6.81. The van der Waals surface area contributed by atoms with Gasteiger partial charge in [0.15, 0.2) is 30.9 Å². The van der Waals surface area contributed by atoms with Crippen molar-refractivity contribution in [3.05, 3.63) is 68.4 Å². The van der Waals surface area contributed by atoms with Crippen LogP contribution in [0, 0.1) is 0 Å². The van der Waals surface area contributed by atoms with Gasteiger partial charge >= 0.3 is 11.7 Å². The van der Waals surface area contributed by atoms with Crippen molar-refractivity contribution < 1.29 is 52.3 Å². The van der Waals surface area contributed by atoms with Gasteiger partial charge in [-0.25, -0.2) is 18.5 Å². The van der Waals surface area contributed by atoms with Gasteiger partial charge in [-0.1, -0.05) is 31.4 Å². The number of hydrogen-bond acceptors (Lipinski definition) is 6. The number of hydrogen-bond donors (Lipinski definition) is 2. The van der Waals surface area contributed by atoms with Gasteiger partial charge in [0, 0.05) is 12.3 Å². The first kappa shape index (κ1) is 27.1. The number of carbonyl (C=O) groups excluding carboxylic acids is 1. The van der Waals surface area contributed by atoms with Crippen molar-refractivity contribution in [3.63, 3.8) is 0 Å². The SMILES string of the molecule is C[n+]1cccc(C(=O)O[C@H]2[C@@H](F)[C@H](n3cc(/C=C/[Si](C)(C)C)c(=O)[nH]c3=O)O[C@@H]2CO)c1.[I-]. The minimum Gasteiger partial charge on any atom is -1.00 e. The van der Waals surface area contributed by atoms with Gasteiger partial charge in [-0.3, -0.25) is 14.3 Å². The lowest BCUT2D eigenvalue weighted by molar-refractivity contribution is -0.671. The van der Waals surface area contributed by atoms with E-state index in [0.29, 0.717) is 0 Å². The van der Waals surface area contributed by atoms with Crippen LogP contribution in [-0.4, -0.2) is 53.7 Å². The Kier molecular flexibility index (Phi) is 8.90. The van der Waals surface area contributed by atoms with E-state index in [1.54, 1.807) is 30.0 Å². The number of rotatable bonds is 6. The fourth-order valence-corrected chi connectivity index (χ4v) is 3.93. The van der Waals surface area contributed by atoms with E-state index in [2.05, 4.69) is 24.6 Å². The zero-order chi connectivity index (χ0) is 23.6. The third-order valence-electron chi connectivity index (χ3n) is 4.90. The molecule has 180 valence electrons. The molecule has 0 amide bonds. The smallest absolute Gasteiger partial charge is 0.344 e. The van der Waals surface area contributed by atoms with Crippen molar-refractivity contribution in [3.8, 4) is 0 Å². The Bertz CT molecular complexity index is 1150. The van der Waals surface area contributed by atoms with E-state index in [-0.39, 0.29) is 35.1 Å². The Balaban J connectivity index is 0.00000385. The Morgan fingerprint density at radius 3 is 2.70 bits per heavy atom. The van der Waals surface area contributed by atoms with Crippen LogP contribution in [0.2, 0.25) is 19.6 Å². The Hall–Kier alpha value is -2.16. The number of alkyl halides is 1. The number of H-pyrrole nitrogens is 1. The molecule has 3 heterocycles. The molecule has 3 rings (SSSR count). The molecule has 0 radical (unpaired) electrons. The van der Waals surface area contributed by atoms with Crippen LogP contribution in [0.3, 0.4) is 0 Å². The van der Waals surface area contributed by atoms with E-state index in [1.165, 1.54) is 18.5 Å². The van der Waals surface area contributed by atoms with Crippen LogP contribution in [-0.2, 0) is 16.5 Å². The van der Waals surface area contributed by atoms with Crippen molar-refractivity contribution in [1.82, 2.24) is 9.55 Å². The lowest BCUT2D eigenvalue weighted by Gasteiger charge is -2.18. The van der Waals surface area contributed by atoms with Crippen LogP contribution in [0.1, 0.15) is 22.1 Å².